The molecule has 1 atom stereocenters. The lowest BCUT2D eigenvalue weighted by Gasteiger charge is -2.04. The highest BCUT2D eigenvalue weighted by atomic mass is 79.9. The first-order valence-corrected chi connectivity index (χ1v) is 4.81. The summed E-state index contributed by atoms with van der Waals surface area (Å²) in [6.45, 7) is 2.11. The molecule has 0 aromatic heterocycles. The van der Waals surface area contributed by atoms with Crippen LogP contribution in [0.25, 0.3) is 0 Å². The molecule has 2 heteroatoms. The van der Waals surface area contributed by atoms with Crippen LogP contribution in [0.3, 0.4) is 0 Å². The molecule has 0 saturated heterocycles. The molecule has 1 aromatic carbocycles. The SMILES string of the molecule is C[C@H](Br)c1ccccc1Br. The first-order chi connectivity index (χ1) is 4.72. The maximum Gasteiger partial charge on any atom is 0.0378 e. The molecule has 54 valence electrons. The lowest BCUT2D eigenvalue weighted by atomic mass is 10.2. The summed E-state index contributed by atoms with van der Waals surface area (Å²) in [5.41, 5.74) is 1.29. The Hall–Kier alpha value is 0.180. The summed E-state index contributed by atoms with van der Waals surface area (Å²) in [6, 6.07) is 8.21. The van der Waals surface area contributed by atoms with Crippen LogP contribution in [0.1, 0.15) is 17.3 Å². The minimum absolute atomic E-state index is 0.420. The third-order valence-electron chi connectivity index (χ3n) is 1.33. The van der Waals surface area contributed by atoms with Gasteiger partial charge in [-0.1, -0.05) is 50.1 Å². The van der Waals surface area contributed by atoms with E-state index >= 15 is 0 Å². The second-order valence-corrected chi connectivity index (χ2v) is 4.37. The number of hydrogen-bond acceptors (Lipinski definition) is 0. The zero-order valence-electron chi connectivity index (χ0n) is 5.64. The van der Waals surface area contributed by atoms with Crippen molar-refractivity contribution in [2.75, 3.05) is 0 Å². The van der Waals surface area contributed by atoms with Gasteiger partial charge >= 0.3 is 0 Å². The normalized spacial score (nSPS) is 13.1. The minimum Gasteiger partial charge on any atom is -0.0841 e. The summed E-state index contributed by atoms with van der Waals surface area (Å²) in [5.74, 6) is 0. The van der Waals surface area contributed by atoms with Crippen LogP contribution in [-0.2, 0) is 0 Å². The van der Waals surface area contributed by atoms with E-state index in [0.717, 1.165) is 0 Å². The van der Waals surface area contributed by atoms with E-state index in [9.17, 15) is 0 Å². The summed E-state index contributed by atoms with van der Waals surface area (Å²) in [4.78, 5) is 0.420. The average molecular weight is 264 g/mol. The second-order valence-electron chi connectivity index (χ2n) is 2.14. The fourth-order valence-corrected chi connectivity index (χ4v) is 2.13. The molecule has 0 spiro atoms. The van der Waals surface area contributed by atoms with Gasteiger partial charge in [0.1, 0.15) is 0 Å². The molecular weight excluding hydrogens is 256 g/mol. The number of alkyl halides is 1. The molecule has 1 rings (SSSR count). The molecule has 0 aliphatic rings. The van der Waals surface area contributed by atoms with Gasteiger partial charge in [-0.15, -0.1) is 0 Å². The summed E-state index contributed by atoms with van der Waals surface area (Å²) in [6.07, 6.45) is 0. The summed E-state index contributed by atoms with van der Waals surface area (Å²) >= 11 is 6.97. The summed E-state index contributed by atoms with van der Waals surface area (Å²) < 4.78 is 1.17. The van der Waals surface area contributed by atoms with Crippen molar-refractivity contribution in [2.45, 2.75) is 11.8 Å². The third kappa shape index (κ3) is 1.83. The molecule has 1 aromatic rings. The topological polar surface area (TPSA) is 0 Å². The Bertz CT molecular complexity index is 218. The van der Waals surface area contributed by atoms with E-state index in [1.54, 1.807) is 0 Å². The lowest BCUT2D eigenvalue weighted by molar-refractivity contribution is 1.11. The predicted octanol–water partition coefficient (Wildman–Crippen LogP) is 3.91. The van der Waals surface area contributed by atoms with Crippen molar-refractivity contribution in [3.05, 3.63) is 34.3 Å². The summed E-state index contributed by atoms with van der Waals surface area (Å²) in [7, 11) is 0. The van der Waals surface area contributed by atoms with Crippen molar-refractivity contribution in [1.82, 2.24) is 0 Å². The van der Waals surface area contributed by atoms with Crippen LogP contribution in [0.2, 0.25) is 0 Å². The van der Waals surface area contributed by atoms with Crippen LogP contribution in [0.15, 0.2) is 28.7 Å². The lowest BCUT2D eigenvalue weighted by Crippen LogP contribution is -1.83. The van der Waals surface area contributed by atoms with Crippen molar-refractivity contribution >= 4 is 31.9 Å². The van der Waals surface area contributed by atoms with Crippen molar-refractivity contribution < 1.29 is 0 Å². The van der Waals surface area contributed by atoms with Gasteiger partial charge in [-0.25, -0.2) is 0 Å². The molecule has 0 aliphatic heterocycles. The van der Waals surface area contributed by atoms with E-state index in [1.807, 2.05) is 18.2 Å². The quantitative estimate of drug-likeness (QED) is 0.674. The smallest absolute Gasteiger partial charge is 0.0378 e. The van der Waals surface area contributed by atoms with E-state index in [2.05, 4.69) is 44.8 Å². The standard InChI is InChI=1S/C8H8Br2/c1-6(9)7-4-2-3-5-8(7)10/h2-6H,1H3/t6-/m0/s1. The summed E-state index contributed by atoms with van der Waals surface area (Å²) in [5, 5.41) is 0. The molecule has 0 nitrogen and oxygen atoms in total. The Morgan fingerprint density at radius 2 is 1.90 bits per heavy atom. The molecule has 0 unspecified atom stereocenters. The van der Waals surface area contributed by atoms with Crippen molar-refractivity contribution in [3.8, 4) is 0 Å². The van der Waals surface area contributed by atoms with Gasteiger partial charge in [-0.2, -0.15) is 0 Å². The van der Waals surface area contributed by atoms with Crippen molar-refractivity contribution in [2.24, 2.45) is 0 Å². The highest BCUT2D eigenvalue weighted by Gasteiger charge is 2.02. The van der Waals surface area contributed by atoms with Crippen LogP contribution < -0.4 is 0 Å². The zero-order chi connectivity index (χ0) is 7.56. The second kappa shape index (κ2) is 3.54. The predicted molar refractivity (Wildman–Crippen MR) is 51.5 cm³/mol. The van der Waals surface area contributed by atoms with E-state index in [0.29, 0.717) is 4.83 Å². The molecule has 0 radical (unpaired) electrons. The van der Waals surface area contributed by atoms with Crippen LogP contribution in [-0.4, -0.2) is 0 Å². The first-order valence-electron chi connectivity index (χ1n) is 3.10. The highest BCUT2D eigenvalue weighted by molar-refractivity contribution is 9.11. The molecular formula is C8H8Br2. The van der Waals surface area contributed by atoms with Gasteiger partial charge < -0.3 is 0 Å². The Morgan fingerprint density at radius 3 is 2.30 bits per heavy atom. The van der Waals surface area contributed by atoms with Crippen LogP contribution in [0, 0.1) is 0 Å². The fraction of sp³-hybridized carbons (Fsp3) is 0.250. The van der Waals surface area contributed by atoms with E-state index < -0.39 is 0 Å². The largest absolute Gasteiger partial charge is 0.0841 e. The molecule has 10 heavy (non-hydrogen) atoms. The van der Waals surface area contributed by atoms with Gasteiger partial charge in [-0.05, 0) is 18.6 Å². The molecule has 0 amide bonds. The Morgan fingerprint density at radius 1 is 1.30 bits per heavy atom. The van der Waals surface area contributed by atoms with Gasteiger partial charge in [0.2, 0.25) is 0 Å². The van der Waals surface area contributed by atoms with Gasteiger partial charge in [0, 0.05) is 9.30 Å². The average Bonchev–Trinajstić information content (AvgIpc) is 1.88. The third-order valence-corrected chi connectivity index (χ3v) is 2.55. The van der Waals surface area contributed by atoms with Gasteiger partial charge in [0.25, 0.3) is 0 Å². The molecule has 0 heterocycles. The minimum atomic E-state index is 0.420. The van der Waals surface area contributed by atoms with E-state index in [4.69, 9.17) is 0 Å². The van der Waals surface area contributed by atoms with Crippen LogP contribution in [0.4, 0.5) is 0 Å². The van der Waals surface area contributed by atoms with E-state index in [1.165, 1.54) is 10.0 Å². The molecule has 0 N–H and O–H groups in total. The molecule has 0 bridgehead atoms. The monoisotopic (exact) mass is 262 g/mol. The zero-order valence-corrected chi connectivity index (χ0v) is 8.81. The number of halogens is 2. The molecule has 0 aliphatic carbocycles. The Kier molecular flexibility index (Phi) is 2.93. The number of benzene rings is 1. The van der Waals surface area contributed by atoms with Crippen molar-refractivity contribution in [3.63, 3.8) is 0 Å². The number of hydrogen-bond donors (Lipinski definition) is 0. The first kappa shape index (κ1) is 8.28. The van der Waals surface area contributed by atoms with Crippen molar-refractivity contribution in [1.29, 1.82) is 0 Å². The molecule has 0 fully saturated rings. The number of rotatable bonds is 1. The maximum absolute atomic E-state index is 3.50. The highest BCUT2D eigenvalue weighted by Crippen LogP contribution is 2.28. The van der Waals surface area contributed by atoms with E-state index in [-0.39, 0.29) is 0 Å². The van der Waals surface area contributed by atoms with Crippen LogP contribution in [0.5, 0.6) is 0 Å². The fourth-order valence-electron chi connectivity index (χ4n) is 0.798. The van der Waals surface area contributed by atoms with Gasteiger partial charge in [0.05, 0.1) is 0 Å². The Balaban J connectivity index is 3.03. The van der Waals surface area contributed by atoms with Crippen LogP contribution >= 0.6 is 31.9 Å². The Labute approximate surface area is 77.9 Å². The molecule has 0 saturated carbocycles. The maximum atomic E-state index is 3.50. The van der Waals surface area contributed by atoms with Gasteiger partial charge in [0.15, 0.2) is 0 Å². The van der Waals surface area contributed by atoms with Gasteiger partial charge in [-0.3, -0.25) is 0 Å².